The van der Waals surface area contributed by atoms with E-state index in [1.807, 2.05) is 60.7 Å². The number of nitrogens with zero attached hydrogens (tertiary/aromatic N) is 2. The first-order chi connectivity index (χ1) is 13.6. The second-order valence-electron chi connectivity index (χ2n) is 6.96. The van der Waals surface area contributed by atoms with Crippen LogP contribution in [0.25, 0.3) is 22.0 Å². The lowest BCUT2D eigenvalue weighted by Gasteiger charge is -2.30. The Kier molecular flexibility index (Phi) is 5.17. The molecule has 1 saturated heterocycles. The molecular formula is C23H22N2O3. The smallest absolute Gasteiger partial charge is 0.239 e. The van der Waals surface area contributed by atoms with Crippen molar-refractivity contribution in [3.8, 4) is 11.1 Å². The zero-order valence-electron chi connectivity index (χ0n) is 15.8. The minimum atomic E-state index is -0.919. The minimum Gasteiger partial charge on any atom is -0.378 e. The number of fused-ring (bicyclic) bond motifs is 1. The summed E-state index contributed by atoms with van der Waals surface area (Å²) < 4.78 is 5.35. The maximum absolute atomic E-state index is 13.3. The Labute approximate surface area is 163 Å². The van der Waals surface area contributed by atoms with Crippen LogP contribution in [0.4, 0.5) is 0 Å². The SMILES string of the molecule is CC(=O)C(C(=O)N1CCOCC1)c1nc2ccccc2cc1-c1ccccc1. The highest BCUT2D eigenvalue weighted by Crippen LogP contribution is 2.32. The molecule has 0 bridgehead atoms. The first kappa shape index (κ1) is 18.3. The number of carbonyl (C=O) groups is 2. The van der Waals surface area contributed by atoms with Crippen LogP contribution in [0.1, 0.15) is 18.5 Å². The summed E-state index contributed by atoms with van der Waals surface area (Å²) in [6.07, 6.45) is 0. The third kappa shape index (κ3) is 3.53. The van der Waals surface area contributed by atoms with Crippen molar-refractivity contribution < 1.29 is 14.3 Å². The van der Waals surface area contributed by atoms with E-state index in [2.05, 4.69) is 0 Å². The average molecular weight is 374 g/mol. The van der Waals surface area contributed by atoms with Gasteiger partial charge in [-0.15, -0.1) is 0 Å². The van der Waals surface area contributed by atoms with Crippen molar-refractivity contribution in [2.45, 2.75) is 12.8 Å². The monoisotopic (exact) mass is 374 g/mol. The molecule has 142 valence electrons. The van der Waals surface area contributed by atoms with Gasteiger partial charge in [0.25, 0.3) is 0 Å². The molecule has 3 aromatic rings. The van der Waals surface area contributed by atoms with E-state index in [9.17, 15) is 9.59 Å². The number of ketones is 1. The van der Waals surface area contributed by atoms with E-state index in [1.54, 1.807) is 4.90 Å². The summed E-state index contributed by atoms with van der Waals surface area (Å²) >= 11 is 0. The molecule has 1 aliphatic heterocycles. The van der Waals surface area contributed by atoms with Crippen LogP contribution in [-0.2, 0) is 14.3 Å². The van der Waals surface area contributed by atoms with E-state index in [-0.39, 0.29) is 11.7 Å². The summed E-state index contributed by atoms with van der Waals surface area (Å²) in [5, 5.41) is 0.978. The third-order valence-electron chi connectivity index (χ3n) is 5.09. The van der Waals surface area contributed by atoms with Crippen LogP contribution < -0.4 is 0 Å². The molecule has 2 aromatic carbocycles. The number of ether oxygens (including phenoxy) is 1. The van der Waals surface area contributed by atoms with Gasteiger partial charge in [-0.25, -0.2) is 0 Å². The standard InChI is InChI=1S/C23H22N2O3/c1-16(26)21(23(27)25-11-13-28-14-12-25)22-19(17-7-3-2-4-8-17)15-18-9-5-6-10-20(18)24-22/h2-10,15,21H,11-14H2,1H3. The van der Waals surface area contributed by atoms with E-state index in [1.165, 1.54) is 6.92 Å². The molecule has 1 atom stereocenters. The molecule has 0 N–H and O–H groups in total. The number of Topliss-reactive ketones (excluding diaryl/α,β-unsaturated/α-hetero) is 1. The number of hydrogen-bond donors (Lipinski definition) is 0. The Hall–Kier alpha value is -3.05. The van der Waals surface area contributed by atoms with Crippen molar-refractivity contribution in [2.24, 2.45) is 0 Å². The Bertz CT molecular complexity index is 1010. The minimum absolute atomic E-state index is 0.198. The Morgan fingerprint density at radius 1 is 1.00 bits per heavy atom. The van der Waals surface area contributed by atoms with Crippen LogP contribution in [0, 0.1) is 0 Å². The van der Waals surface area contributed by atoms with Crippen molar-refractivity contribution in [3.63, 3.8) is 0 Å². The van der Waals surface area contributed by atoms with Gasteiger partial charge in [0.05, 0.1) is 24.4 Å². The van der Waals surface area contributed by atoms with Gasteiger partial charge in [-0.05, 0) is 24.6 Å². The fraction of sp³-hybridized carbons (Fsp3) is 0.261. The second-order valence-corrected chi connectivity index (χ2v) is 6.96. The highest BCUT2D eigenvalue weighted by molar-refractivity contribution is 6.07. The maximum Gasteiger partial charge on any atom is 0.239 e. The van der Waals surface area contributed by atoms with Gasteiger partial charge >= 0.3 is 0 Å². The molecule has 2 heterocycles. The van der Waals surface area contributed by atoms with Gasteiger partial charge < -0.3 is 9.64 Å². The first-order valence-electron chi connectivity index (χ1n) is 9.47. The Morgan fingerprint density at radius 3 is 2.39 bits per heavy atom. The number of morpholine rings is 1. The predicted molar refractivity (Wildman–Crippen MR) is 108 cm³/mol. The topological polar surface area (TPSA) is 59.5 Å². The molecule has 1 fully saturated rings. The van der Waals surface area contributed by atoms with Crippen LogP contribution in [0.2, 0.25) is 0 Å². The molecule has 4 rings (SSSR count). The van der Waals surface area contributed by atoms with Crippen LogP contribution in [0.15, 0.2) is 60.7 Å². The number of aromatic nitrogens is 1. The number of pyridine rings is 1. The Morgan fingerprint density at radius 2 is 1.68 bits per heavy atom. The average Bonchev–Trinajstić information content (AvgIpc) is 2.74. The number of carbonyl (C=O) groups excluding carboxylic acids is 2. The molecule has 1 unspecified atom stereocenters. The summed E-state index contributed by atoms with van der Waals surface area (Å²) in [6.45, 7) is 3.45. The van der Waals surface area contributed by atoms with Crippen molar-refractivity contribution >= 4 is 22.6 Å². The normalized spacial score (nSPS) is 15.4. The lowest BCUT2D eigenvalue weighted by atomic mass is 9.90. The quantitative estimate of drug-likeness (QED) is 0.657. The van der Waals surface area contributed by atoms with Crippen LogP contribution in [0.5, 0.6) is 0 Å². The lowest BCUT2D eigenvalue weighted by Crippen LogP contribution is -2.44. The third-order valence-corrected chi connectivity index (χ3v) is 5.09. The fourth-order valence-corrected chi connectivity index (χ4v) is 3.65. The fourth-order valence-electron chi connectivity index (χ4n) is 3.65. The molecule has 1 aliphatic rings. The van der Waals surface area contributed by atoms with Crippen molar-refractivity contribution in [2.75, 3.05) is 26.3 Å². The van der Waals surface area contributed by atoms with E-state index in [4.69, 9.17) is 9.72 Å². The molecule has 0 radical (unpaired) electrons. The summed E-state index contributed by atoms with van der Waals surface area (Å²) in [4.78, 5) is 32.4. The summed E-state index contributed by atoms with van der Waals surface area (Å²) in [5.41, 5.74) is 3.06. The summed E-state index contributed by atoms with van der Waals surface area (Å²) in [5.74, 6) is -1.31. The lowest BCUT2D eigenvalue weighted by molar-refractivity contribution is -0.140. The van der Waals surface area contributed by atoms with Crippen molar-refractivity contribution in [1.29, 1.82) is 0 Å². The van der Waals surface area contributed by atoms with E-state index in [0.29, 0.717) is 32.0 Å². The van der Waals surface area contributed by atoms with Gasteiger partial charge in [0.1, 0.15) is 11.7 Å². The Balaban J connectivity index is 1.88. The van der Waals surface area contributed by atoms with E-state index >= 15 is 0 Å². The highest BCUT2D eigenvalue weighted by Gasteiger charge is 2.34. The molecule has 0 saturated carbocycles. The van der Waals surface area contributed by atoms with Gasteiger partial charge in [0.2, 0.25) is 5.91 Å². The molecular weight excluding hydrogens is 352 g/mol. The molecule has 0 spiro atoms. The van der Waals surface area contributed by atoms with Gasteiger partial charge in [0, 0.05) is 24.0 Å². The summed E-state index contributed by atoms with van der Waals surface area (Å²) in [6, 6.07) is 19.6. The first-order valence-corrected chi connectivity index (χ1v) is 9.47. The second kappa shape index (κ2) is 7.90. The zero-order valence-corrected chi connectivity index (χ0v) is 15.8. The van der Waals surface area contributed by atoms with Crippen LogP contribution in [-0.4, -0.2) is 47.9 Å². The molecule has 1 amide bonds. The number of hydrogen-bond acceptors (Lipinski definition) is 4. The van der Waals surface area contributed by atoms with E-state index in [0.717, 1.165) is 22.0 Å². The number of para-hydroxylation sites is 1. The maximum atomic E-state index is 13.3. The predicted octanol–water partition coefficient (Wildman–Crippen LogP) is 3.43. The van der Waals surface area contributed by atoms with Gasteiger partial charge in [-0.3, -0.25) is 14.6 Å². The van der Waals surface area contributed by atoms with Crippen LogP contribution in [0.3, 0.4) is 0 Å². The van der Waals surface area contributed by atoms with Gasteiger partial charge in [-0.2, -0.15) is 0 Å². The van der Waals surface area contributed by atoms with Crippen molar-refractivity contribution in [1.82, 2.24) is 9.88 Å². The summed E-state index contributed by atoms with van der Waals surface area (Å²) in [7, 11) is 0. The molecule has 5 nitrogen and oxygen atoms in total. The molecule has 5 heteroatoms. The number of rotatable bonds is 4. The van der Waals surface area contributed by atoms with E-state index < -0.39 is 5.92 Å². The molecule has 0 aliphatic carbocycles. The highest BCUT2D eigenvalue weighted by atomic mass is 16.5. The number of amides is 1. The number of benzene rings is 2. The molecule has 1 aromatic heterocycles. The van der Waals surface area contributed by atoms with Crippen molar-refractivity contribution in [3.05, 3.63) is 66.4 Å². The van der Waals surface area contributed by atoms with Crippen LogP contribution >= 0.6 is 0 Å². The van der Waals surface area contributed by atoms with Gasteiger partial charge in [-0.1, -0.05) is 48.5 Å². The largest absolute Gasteiger partial charge is 0.378 e. The van der Waals surface area contributed by atoms with Gasteiger partial charge in [0.15, 0.2) is 0 Å². The molecule has 28 heavy (non-hydrogen) atoms. The zero-order chi connectivity index (χ0) is 19.5.